The van der Waals surface area contributed by atoms with E-state index in [2.05, 4.69) is 0 Å². The molecule has 0 aromatic carbocycles. The topological polar surface area (TPSA) is 61.5 Å². The minimum Gasteiger partial charge on any atom is -0.465 e. The molecule has 0 bridgehead atoms. The molecule has 4 nitrogen and oxygen atoms in total. The number of rotatable bonds is 6. The summed E-state index contributed by atoms with van der Waals surface area (Å²) in [7, 11) is 0. The molecule has 5 heteroatoms. The molecule has 88 valence electrons. The first-order chi connectivity index (χ1) is 7.06. The zero-order valence-electron chi connectivity index (χ0n) is 9.32. The normalized spacial score (nSPS) is 20.5. The minimum atomic E-state index is -0.854. The molecular formula is C10H19NO3S. The molecular weight excluding hydrogens is 214 g/mol. The molecule has 0 aliphatic carbocycles. The van der Waals surface area contributed by atoms with Crippen LogP contribution < -0.4 is 5.73 Å². The minimum absolute atomic E-state index is 0.310. The Morgan fingerprint density at radius 3 is 2.80 bits per heavy atom. The van der Waals surface area contributed by atoms with Crippen molar-refractivity contribution < 1.29 is 14.3 Å². The van der Waals surface area contributed by atoms with Gasteiger partial charge in [-0.15, -0.1) is 0 Å². The Kier molecular flexibility index (Phi) is 4.89. The van der Waals surface area contributed by atoms with Gasteiger partial charge in [-0.05, 0) is 26.0 Å². The van der Waals surface area contributed by atoms with Crippen LogP contribution in [0.5, 0.6) is 0 Å². The zero-order chi connectivity index (χ0) is 11.3. The van der Waals surface area contributed by atoms with Gasteiger partial charge in [0.2, 0.25) is 0 Å². The number of hydrogen-bond donors (Lipinski definition) is 1. The highest BCUT2D eigenvalue weighted by molar-refractivity contribution is 8.00. The van der Waals surface area contributed by atoms with E-state index in [-0.39, 0.29) is 5.97 Å². The van der Waals surface area contributed by atoms with Crippen molar-refractivity contribution in [3.63, 3.8) is 0 Å². The van der Waals surface area contributed by atoms with Gasteiger partial charge in [0, 0.05) is 0 Å². The lowest BCUT2D eigenvalue weighted by molar-refractivity contribution is -0.149. The molecule has 15 heavy (non-hydrogen) atoms. The van der Waals surface area contributed by atoms with E-state index in [9.17, 15) is 4.79 Å². The van der Waals surface area contributed by atoms with E-state index in [1.54, 1.807) is 13.8 Å². The number of ether oxygens (including phenoxy) is 2. The molecule has 1 fully saturated rings. The second-order valence-corrected chi connectivity index (χ2v) is 5.33. The standard InChI is InChI=1S/C10H19NO3S/c1-3-14-9(12)10(2,11)4-5-15-8-6-13-7-8/h8H,3-7,11H2,1-2H3. The first-order valence-electron chi connectivity index (χ1n) is 5.21. The number of esters is 1. The third kappa shape index (κ3) is 4.01. The summed E-state index contributed by atoms with van der Waals surface area (Å²) in [6.45, 7) is 5.54. The summed E-state index contributed by atoms with van der Waals surface area (Å²) in [6, 6.07) is 0. The Morgan fingerprint density at radius 1 is 1.67 bits per heavy atom. The van der Waals surface area contributed by atoms with Crippen molar-refractivity contribution in [2.75, 3.05) is 25.6 Å². The maximum Gasteiger partial charge on any atom is 0.325 e. The predicted molar refractivity (Wildman–Crippen MR) is 60.9 cm³/mol. The molecule has 0 spiro atoms. The molecule has 0 radical (unpaired) electrons. The Bertz CT molecular complexity index is 217. The summed E-state index contributed by atoms with van der Waals surface area (Å²) in [5.41, 5.74) is 5.02. The van der Waals surface area contributed by atoms with Crippen LogP contribution in [-0.4, -0.2) is 42.3 Å². The zero-order valence-corrected chi connectivity index (χ0v) is 10.1. The van der Waals surface area contributed by atoms with Crippen LogP contribution in [0, 0.1) is 0 Å². The average molecular weight is 233 g/mol. The lowest BCUT2D eigenvalue weighted by Gasteiger charge is -2.27. The lowest BCUT2D eigenvalue weighted by atomic mass is 10.0. The lowest BCUT2D eigenvalue weighted by Crippen LogP contribution is -2.46. The number of thioether (sulfide) groups is 1. The van der Waals surface area contributed by atoms with Gasteiger partial charge in [-0.3, -0.25) is 4.79 Å². The fourth-order valence-electron chi connectivity index (χ4n) is 1.15. The van der Waals surface area contributed by atoms with Gasteiger partial charge in [-0.2, -0.15) is 11.8 Å². The third-order valence-corrected chi connectivity index (χ3v) is 3.51. The maximum atomic E-state index is 11.4. The second-order valence-electron chi connectivity index (χ2n) is 3.92. The van der Waals surface area contributed by atoms with E-state index in [0.29, 0.717) is 18.3 Å². The van der Waals surface area contributed by atoms with Gasteiger partial charge >= 0.3 is 5.97 Å². The largest absolute Gasteiger partial charge is 0.465 e. The maximum absolute atomic E-state index is 11.4. The molecule has 1 aliphatic rings. The van der Waals surface area contributed by atoms with E-state index in [1.165, 1.54) is 0 Å². The number of hydrogen-bond acceptors (Lipinski definition) is 5. The molecule has 0 amide bonds. The van der Waals surface area contributed by atoms with Gasteiger partial charge in [0.15, 0.2) is 0 Å². The van der Waals surface area contributed by atoms with Gasteiger partial charge in [0.25, 0.3) is 0 Å². The molecule has 2 N–H and O–H groups in total. The number of nitrogens with two attached hydrogens (primary N) is 1. The molecule has 1 aliphatic heterocycles. The van der Waals surface area contributed by atoms with Crippen LogP contribution in [0.3, 0.4) is 0 Å². The molecule has 1 atom stereocenters. The first-order valence-corrected chi connectivity index (χ1v) is 6.26. The van der Waals surface area contributed by atoms with Crippen molar-refractivity contribution in [1.29, 1.82) is 0 Å². The van der Waals surface area contributed by atoms with Crippen LogP contribution in [-0.2, 0) is 14.3 Å². The van der Waals surface area contributed by atoms with Crippen LogP contribution in [0.1, 0.15) is 20.3 Å². The average Bonchev–Trinajstić information content (AvgIpc) is 2.10. The molecule has 1 heterocycles. The smallest absolute Gasteiger partial charge is 0.325 e. The van der Waals surface area contributed by atoms with Gasteiger partial charge in [0.05, 0.1) is 25.1 Å². The van der Waals surface area contributed by atoms with Crippen LogP contribution in [0.15, 0.2) is 0 Å². The highest BCUT2D eigenvalue weighted by atomic mass is 32.2. The van der Waals surface area contributed by atoms with E-state index < -0.39 is 5.54 Å². The fourth-order valence-corrected chi connectivity index (χ4v) is 2.41. The first kappa shape index (κ1) is 12.8. The van der Waals surface area contributed by atoms with E-state index >= 15 is 0 Å². The Balaban J connectivity index is 2.18. The SMILES string of the molecule is CCOC(=O)C(C)(N)CCSC1COC1. The van der Waals surface area contributed by atoms with Gasteiger partial charge in [0.1, 0.15) is 5.54 Å². The Hall–Kier alpha value is -0.260. The molecule has 1 saturated heterocycles. The van der Waals surface area contributed by atoms with Crippen LogP contribution in [0.2, 0.25) is 0 Å². The monoisotopic (exact) mass is 233 g/mol. The van der Waals surface area contributed by atoms with Crippen LogP contribution in [0.4, 0.5) is 0 Å². The quantitative estimate of drug-likeness (QED) is 0.687. The second kappa shape index (κ2) is 5.72. The Morgan fingerprint density at radius 2 is 2.33 bits per heavy atom. The highest BCUT2D eigenvalue weighted by Crippen LogP contribution is 2.22. The number of carbonyl (C=O) groups is 1. The molecule has 0 aromatic rings. The van der Waals surface area contributed by atoms with Crippen LogP contribution >= 0.6 is 11.8 Å². The molecule has 1 rings (SSSR count). The van der Waals surface area contributed by atoms with Crippen molar-refractivity contribution in [2.45, 2.75) is 31.1 Å². The summed E-state index contributed by atoms with van der Waals surface area (Å²) in [4.78, 5) is 11.4. The predicted octanol–water partition coefficient (Wildman–Crippen LogP) is 0.789. The van der Waals surface area contributed by atoms with Crippen molar-refractivity contribution >= 4 is 17.7 Å². The van der Waals surface area contributed by atoms with Crippen LogP contribution in [0.25, 0.3) is 0 Å². The van der Waals surface area contributed by atoms with E-state index in [4.69, 9.17) is 15.2 Å². The van der Waals surface area contributed by atoms with Crippen molar-refractivity contribution in [3.8, 4) is 0 Å². The summed E-state index contributed by atoms with van der Waals surface area (Å²) in [6.07, 6.45) is 0.646. The summed E-state index contributed by atoms with van der Waals surface area (Å²) in [5, 5.41) is 0.586. The van der Waals surface area contributed by atoms with Crippen molar-refractivity contribution in [1.82, 2.24) is 0 Å². The van der Waals surface area contributed by atoms with Gasteiger partial charge in [-0.1, -0.05) is 0 Å². The van der Waals surface area contributed by atoms with E-state index in [0.717, 1.165) is 19.0 Å². The molecule has 0 saturated carbocycles. The van der Waals surface area contributed by atoms with Gasteiger partial charge in [-0.25, -0.2) is 0 Å². The fraction of sp³-hybridized carbons (Fsp3) is 0.900. The number of carbonyl (C=O) groups excluding carboxylic acids is 1. The summed E-state index contributed by atoms with van der Waals surface area (Å²) >= 11 is 1.81. The van der Waals surface area contributed by atoms with E-state index in [1.807, 2.05) is 11.8 Å². The summed E-state index contributed by atoms with van der Waals surface area (Å²) < 4.78 is 9.97. The summed E-state index contributed by atoms with van der Waals surface area (Å²) in [5.74, 6) is 0.565. The van der Waals surface area contributed by atoms with Crippen molar-refractivity contribution in [3.05, 3.63) is 0 Å². The highest BCUT2D eigenvalue weighted by Gasteiger charge is 2.30. The molecule has 0 aromatic heterocycles. The van der Waals surface area contributed by atoms with Gasteiger partial charge < -0.3 is 15.2 Å². The molecule has 1 unspecified atom stereocenters. The Labute approximate surface area is 94.9 Å². The van der Waals surface area contributed by atoms with Crippen molar-refractivity contribution in [2.24, 2.45) is 5.73 Å². The third-order valence-electron chi connectivity index (χ3n) is 2.32.